The number of carbonyl (C=O) groups is 1. The van der Waals surface area contributed by atoms with E-state index in [-0.39, 0.29) is 0 Å². The Balaban J connectivity index is 2.19. The summed E-state index contributed by atoms with van der Waals surface area (Å²) >= 11 is 0. The summed E-state index contributed by atoms with van der Waals surface area (Å²) in [6.07, 6.45) is -0.734. The standard InChI is InChI=1S/C5H11N3O2/c6-5(9)10-8-3-1-7-2-4-8/h7H,1-4H2,(H2,6,9). The van der Waals surface area contributed by atoms with Crippen LogP contribution in [0, 0.1) is 0 Å². The Labute approximate surface area is 59.1 Å². The molecule has 1 aliphatic rings. The van der Waals surface area contributed by atoms with Crippen molar-refractivity contribution >= 4 is 6.09 Å². The topological polar surface area (TPSA) is 67.6 Å². The minimum atomic E-state index is -0.734. The first-order valence-electron chi connectivity index (χ1n) is 3.22. The smallest absolute Gasteiger partial charge is 0.351 e. The molecule has 0 aliphatic carbocycles. The molecular formula is C5H11N3O2. The molecule has 0 aromatic carbocycles. The van der Waals surface area contributed by atoms with Crippen molar-refractivity contribution in [2.45, 2.75) is 0 Å². The van der Waals surface area contributed by atoms with Gasteiger partial charge in [-0.2, -0.15) is 0 Å². The van der Waals surface area contributed by atoms with Crippen molar-refractivity contribution in [3.8, 4) is 0 Å². The van der Waals surface area contributed by atoms with Crippen LogP contribution in [0.25, 0.3) is 0 Å². The molecule has 0 aromatic heterocycles. The molecule has 0 bridgehead atoms. The van der Waals surface area contributed by atoms with Gasteiger partial charge >= 0.3 is 6.09 Å². The zero-order chi connectivity index (χ0) is 7.40. The number of nitrogens with two attached hydrogens (primary N) is 1. The highest BCUT2D eigenvalue weighted by molar-refractivity contribution is 5.64. The van der Waals surface area contributed by atoms with E-state index in [1.165, 1.54) is 0 Å². The number of hydrogen-bond donors (Lipinski definition) is 2. The van der Waals surface area contributed by atoms with Crippen molar-refractivity contribution in [1.82, 2.24) is 10.4 Å². The van der Waals surface area contributed by atoms with Gasteiger partial charge in [-0.3, -0.25) is 0 Å². The lowest BCUT2D eigenvalue weighted by atomic mass is 10.4. The molecule has 10 heavy (non-hydrogen) atoms. The van der Waals surface area contributed by atoms with Crippen LogP contribution in [-0.2, 0) is 4.84 Å². The first kappa shape index (κ1) is 7.30. The lowest BCUT2D eigenvalue weighted by Crippen LogP contribution is -2.45. The van der Waals surface area contributed by atoms with Gasteiger partial charge in [0.15, 0.2) is 0 Å². The van der Waals surface area contributed by atoms with E-state index < -0.39 is 6.09 Å². The molecule has 1 saturated heterocycles. The van der Waals surface area contributed by atoms with Gasteiger partial charge in [0.25, 0.3) is 0 Å². The number of primary amides is 1. The number of amides is 1. The van der Waals surface area contributed by atoms with E-state index in [2.05, 4.69) is 10.2 Å². The Morgan fingerprint density at radius 2 is 2.10 bits per heavy atom. The molecule has 5 nitrogen and oxygen atoms in total. The fourth-order valence-electron chi connectivity index (χ4n) is 0.863. The van der Waals surface area contributed by atoms with Gasteiger partial charge in [-0.05, 0) is 0 Å². The van der Waals surface area contributed by atoms with Gasteiger partial charge < -0.3 is 15.9 Å². The quantitative estimate of drug-likeness (QED) is 0.491. The molecule has 0 spiro atoms. The summed E-state index contributed by atoms with van der Waals surface area (Å²) in [5, 5.41) is 4.67. The van der Waals surface area contributed by atoms with Crippen LogP contribution in [0.4, 0.5) is 4.79 Å². The minimum Gasteiger partial charge on any atom is -0.351 e. The molecule has 1 heterocycles. The summed E-state index contributed by atoms with van der Waals surface area (Å²) in [4.78, 5) is 14.8. The Kier molecular flexibility index (Phi) is 2.47. The molecule has 0 atom stereocenters. The maximum Gasteiger partial charge on any atom is 0.423 e. The first-order chi connectivity index (χ1) is 4.79. The zero-order valence-corrected chi connectivity index (χ0v) is 5.67. The average molecular weight is 145 g/mol. The highest BCUT2D eigenvalue weighted by Gasteiger charge is 2.11. The van der Waals surface area contributed by atoms with Crippen molar-refractivity contribution in [3.05, 3.63) is 0 Å². The molecule has 1 aliphatic heterocycles. The van der Waals surface area contributed by atoms with Crippen LogP contribution in [0.15, 0.2) is 0 Å². The van der Waals surface area contributed by atoms with Crippen molar-refractivity contribution in [2.24, 2.45) is 5.73 Å². The van der Waals surface area contributed by atoms with Crippen molar-refractivity contribution in [3.63, 3.8) is 0 Å². The monoisotopic (exact) mass is 145 g/mol. The van der Waals surface area contributed by atoms with Crippen LogP contribution in [-0.4, -0.2) is 37.3 Å². The summed E-state index contributed by atoms with van der Waals surface area (Å²) < 4.78 is 0. The van der Waals surface area contributed by atoms with Crippen LogP contribution in [0.2, 0.25) is 0 Å². The number of carbonyl (C=O) groups excluding carboxylic acids is 1. The fraction of sp³-hybridized carbons (Fsp3) is 0.800. The van der Waals surface area contributed by atoms with Crippen LogP contribution in [0.5, 0.6) is 0 Å². The largest absolute Gasteiger partial charge is 0.423 e. The van der Waals surface area contributed by atoms with Gasteiger partial charge in [0, 0.05) is 26.2 Å². The molecule has 0 aromatic rings. The maximum absolute atomic E-state index is 10.2. The summed E-state index contributed by atoms with van der Waals surface area (Å²) in [6, 6.07) is 0. The molecule has 58 valence electrons. The van der Waals surface area contributed by atoms with E-state index in [4.69, 9.17) is 5.73 Å². The maximum atomic E-state index is 10.2. The second-order valence-corrected chi connectivity index (χ2v) is 2.09. The van der Waals surface area contributed by atoms with E-state index in [1.807, 2.05) is 0 Å². The number of rotatable bonds is 1. The predicted octanol–water partition coefficient (Wildman–Crippen LogP) is -1.10. The molecule has 1 amide bonds. The van der Waals surface area contributed by atoms with E-state index in [0.29, 0.717) is 13.1 Å². The number of piperazine rings is 1. The summed E-state index contributed by atoms with van der Waals surface area (Å²) in [6.45, 7) is 3.10. The van der Waals surface area contributed by atoms with Crippen LogP contribution < -0.4 is 11.1 Å². The van der Waals surface area contributed by atoms with Gasteiger partial charge in [-0.15, -0.1) is 5.06 Å². The van der Waals surface area contributed by atoms with Crippen LogP contribution >= 0.6 is 0 Å². The Bertz CT molecular complexity index is 122. The first-order valence-corrected chi connectivity index (χ1v) is 3.22. The number of nitrogens with zero attached hydrogens (tertiary/aromatic N) is 1. The third-order valence-corrected chi connectivity index (χ3v) is 1.30. The van der Waals surface area contributed by atoms with Gasteiger partial charge in [0.1, 0.15) is 0 Å². The molecule has 0 unspecified atom stereocenters. The number of nitrogens with one attached hydrogen (secondary N) is 1. The molecular weight excluding hydrogens is 134 g/mol. The Hall–Kier alpha value is -0.810. The third-order valence-electron chi connectivity index (χ3n) is 1.30. The molecule has 0 saturated carbocycles. The average Bonchev–Trinajstić information content (AvgIpc) is 1.88. The zero-order valence-electron chi connectivity index (χ0n) is 5.67. The molecule has 1 rings (SSSR count). The number of hydroxylamine groups is 2. The van der Waals surface area contributed by atoms with Gasteiger partial charge in [0.05, 0.1) is 0 Å². The summed E-state index contributed by atoms with van der Waals surface area (Å²) in [5.41, 5.74) is 4.80. The molecule has 5 heteroatoms. The van der Waals surface area contributed by atoms with Gasteiger partial charge in [0.2, 0.25) is 0 Å². The van der Waals surface area contributed by atoms with Gasteiger partial charge in [-0.1, -0.05) is 0 Å². The minimum absolute atomic E-state index is 0.711. The summed E-state index contributed by atoms with van der Waals surface area (Å²) in [7, 11) is 0. The van der Waals surface area contributed by atoms with Crippen LogP contribution in [0.1, 0.15) is 0 Å². The van der Waals surface area contributed by atoms with Crippen LogP contribution in [0.3, 0.4) is 0 Å². The van der Waals surface area contributed by atoms with E-state index in [0.717, 1.165) is 13.1 Å². The summed E-state index contributed by atoms with van der Waals surface area (Å²) in [5.74, 6) is 0. The van der Waals surface area contributed by atoms with Crippen molar-refractivity contribution < 1.29 is 9.63 Å². The predicted molar refractivity (Wildman–Crippen MR) is 35.1 cm³/mol. The Morgan fingerprint density at radius 3 is 2.60 bits per heavy atom. The molecule has 0 radical (unpaired) electrons. The second-order valence-electron chi connectivity index (χ2n) is 2.09. The number of hydrogen-bond acceptors (Lipinski definition) is 4. The third kappa shape index (κ3) is 2.20. The molecule has 3 N–H and O–H groups in total. The highest BCUT2D eigenvalue weighted by atomic mass is 16.7. The lowest BCUT2D eigenvalue weighted by molar-refractivity contribution is -0.102. The van der Waals surface area contributed by atoms with Crippen molar-refractivity contribution in [1.29, 1.82) is 0 Å². The van der Waals surface area contributed by atoms with Gasteiger partial charge in [-0.25, -0.2) is 4.79 Å². The molecule has 1 fully saturated rings. The van der Waals surface area contributed by atoms with E-state index in [1.54, 1.807) is 5.06 Å². The van der Waals surface area contributed by atoms with Crippen molar-refractivity contribution in [2.75, 3.05) is 26.2 Å². The lowest BCUT2D eigenvalue weighted by Gasteiger charge is -2.24. The highest BCUT2D eigenvalue weighted by Crippen LogP contribution is 1.91. The Morgan fingerprint density at radius 1 is 1.50 bits per heavy atom. The van der Waals surface area contributed by atoms with E-state index in [9.17, 15) is 4.79 Å². The normalized spacial score (nSPS) is 20.4. The van der Waals surface area contributed by atoms with E-state index >= 15 is 0 Å². The SMILES string of the molecule is NC(=O)ON1CCNCC1. The second kappa shape index (κ2) is 3.38. The fourth-order valence-corrected chi connectivity index (χ4v) is 0.863.